The highest BCUT2D eigenvalue weighted by Gasteiger charge is 2.54. The predicted octanol–water partition coefficient (Wildman–Crippen LogP) is 0.389. The number of nitrogens with one attached hydrogen (secondary N) is 1. The van der Waals surface area contributed by atoms with Crippen molar-refractivity contribution >= 4 is 12.3 Å². The van der Waals surface area contributed by atoms with Crippen molar-refractivity contribution in [2.24, 2.45) is 11.3 Å². The summed E-state index contributed by atoms with van der Waals surface area (Å²) in [5.41, 5.74) is 0.420. The molecule has 1 atom stereocenters. The molecule has 0 aromatic carbocycles. The molecule has 0 radical (unpaired) electrons. The molecule has 2 saturated heterocycles. The summed E-state index contributed by atoms with van der Waals surface area (Å²) in [4.78, 5) is 29.9. The Morgan fingerprint density at radius 1 is 1.12 bits per heavy atom. The molecule has 1 aliphatic carbocycles. The smallest absolute Gasteiger partial charge is 0.223 e. The second-order valence-corrected chi connectivity index (χ2v) is 7.70. The average Bonchev–Trinajstić information content (AvgIpc) is 3.30. The molecule has 2 aliphatic heterocycles. The van der Waals surface area contributed by atoms with E-state index >= 15 is 0 Å². The fourth-order valence-electron chi connectivity index (χ4n) is 4.47. The zero-order valence-electron chi connectivity index (χ0n) is 15.0. The lowest BCUT2D eigenvalue weighted by Gasteiger charge is -2.35. The summed E-state index contributed by atoms with van der Waals surface area (Å²) in [7, 11) is 0. The zero-order chi connectivity index (χ0) is 17.0. The van der Waals surface area contributed by atoms with Crippen molar-refractivity contribution in [2.75, 3.05) is 58.9 Å². The summed E-state index contributed by atoms with van der Waals surface area (Å²) < 4.78 is 0. The van der Waals surface area contributed by atoms with Gasteiger partial charge in [-0.2, -0.15) is 0 Å². The van der Waals surface area contributed by atoms with Crippen LogP contribution in [0.5, 0.6) is 0 Å². The predicted molar refractivity (Wildman–Crippen MR) is 93.6 cm³/mol. The standard InChI is InChI=1S/C18H32N4O2/c1-2-20-9-11-21(12-10-20)6-3-17(24)22-7-4-18(5-8-22)13-16(18)14-19-15-23/h15-16H,2-14H2,1H3,(H,19,23). The number of piperazine rings is 1. The van der Waals surface area contributed by atoms with Crippen molar-refractivity contribution in [1.82, 2.24) is 20.0 Å². The monoisotopic (exact) mass is 336 g/mol. The largest absolute Gasteiger partial charge is 0.358 e. The van der Waals surface area contributed by atoms with Gasteiger partial charge in [-0.15, -0.1) is 0 Å². The van der Waals surface area contributed by atoms with E-state index in [1.165, 1.54) is 6.42 Å². The van der Waals surface area contributed by atoms with Gasteiger partial charge < -0.3 is 20.0 Å². The highest BCUT2D eigenvalue weighted by Crippen LogP contribution is 2.58. The second-order valence-electron chi connectivity index (χ2n) is 7.70. The van der Waals surface area contributed by atoms with Gasteiger partial charge >= 0.3 is 0 Å². The molecule has 1 N–H and O–H groups in total. The average molecular weight is 336 g/mol. The molecule has 1 saturated carbocycles. The first kappa shape index (κ1) is 17.7. The van der Waals surface area contributed by atoms with Crippen LogP contribution in [-0.2, 0) is 9.59 Å². The number of carbonyl (C=O) groups is 2. The molecule has 6 heteroatoms. The summed E-state index contributed by atoms with van der Waals surface area (Å²) in [6.07, 6.45) is 4.90. The van der Waals surface area contributed by atoms with Crippen LogP contribution in [0.15, 0.2) is 0 Å². The van der Waals surface area contributed by atoms with Crippen molar-refractivity contribution < 1.29 is 9.59 Å². The maximum Gasteiger partial charge on any atom is 0.223 e. The maximum absolute atomic E-state index is 12.5. The van der Waals surface area contributed by atoms with Gasteiger partial charge in [0.05, 0.1) is 0 Å². The number of amides is 2. The summed E-state index contributed by atoms with van der Waals surface area (Å²) in [5, 5.41) is 2.81. The Balaban J connectivity index is 1.33. The highest BCUT2D eigenvalue weighted by molar-refractivity contribution is 5.76. The van der Waals surface area contributed by atoms with Gasteiger partial charge in [-0.3, -0.25) is 9.59 Å². The summed E-state index contributed by atoms with van der Waals surface area (Å²) >= 11 is 0. The zero-order valence-corrected chi connectivity index (χ0v) is 15.0. The Bertz CT molecular complexity index is 440. The topological polar surface area (TPSA) is 55.9 Å². The van der Waals surface area contributed by atoms with Crippen molar-refractivity contribution in [2.45, 2.75) is 32.6 Å². The molecule has 0 aromatic heterocycles. The molecule has 1 spiro atoms. The first-order chi connectivity index (χ1) is 11.7. The SMILES string of the molecule is CCN1CCN(CCC(=O)N2CCC3(CC2)CC3CNC=O)CC1. The van der Waals surface area contributed by atoms with E-state index in [0.29, 0.717) is 23.7 Å². The Hall–Kier alpha value is -1.14. The number of nitrogens with zero attached hydrogens (tertiary/aromatic N) is 3. The number of piperidine rings is 1. The second kappa shape index (κ2) is 7.83. The van der Waals surface area contributed by atoms with E-state index in [1.807, 2.05) is 0 Å². The number of likely N-dealkylation sites (N-methyl/N-ethyl adjacent to an activating group) is 1. The molecule has 136 valence electrons. The third kappa shape index (κ3) is 4.09. The Morgan fingerprint density at radius 3 is 2.42 bits per heavy atom. The highest BCUT2D eigenvalue weighted by atomic mass is 16.2. The lowest BCUT2D eigenvalue weighted by Crippen LogP contribution is -2.47. The number of hydrogen-bond acceptors (Lipinski definition) is 4. The van der Waals surface area contributed by atoms with Crippen LogP contribution < -0.4 is 5.32 Å². The van der Waals surface area contributed by atoms with E-state index in [9.17, 15) is 9.59 Å². The van der Waals surface area contributed by atoms with Gasteiger partial charge in [0, 0.05) is 58.8 Å². The van der Waals surface area contributed by atoms with E-state index in [4.69, 9.17) is 0 Å². The molecular formula is C18H32N4O2. The summed E-state index contributed by atoms with van der Waals surface area (Å²) in [6.45, 7) is 11.3. The van der Waals surface area contributed by atoms with Crippen LogP contribution in [0, 0.1) is 11.3 Å². The molecule has 2 amide bonds. The van der Waals surface area contributed by atoms with Crippen LogP contribution in [-0.4, -0.2) is 85.9 Å². The summed E-state index contributed by atoms with van der Waals surface area (Å²) in [5.74, 6) is 0.959. The number of carbonyl (C=O) groups excluding carboxylic acids is 2. The van der Waals surface area contributed by atoms with Crippen LogP contribution in [0.2, 0.25) is 0 Å². The van der Waals surface area contributed by atoms with E-state index in [0.717, 1.165) is 78.2 Å². The van der Waals surface area contributed by atoms with E-state index < -0.39 is 0 Å². The van der Waals surface area contributed by atoms with Crippen molar-refractivity contribution in [1.29, 1.82) is 0 Å². The van der Waals surface area contributed by atoms with Gasteiger partial charge in [0.2, 0.25) is 12.3 Å². The van der Waals surface area contributed by atoms with Crippen LogP contribution in [0.3, 0.4) is 0 Å². The number of rotatable bonds is 7. The normalized spacial score (nSPS) is 27.2. The van der Waals surface area contributed by atoms with Gasteiger partial charge in [0.15, 0.2) is 0 Å². The Morgan fingerprint density at radius 2 is 1.79 bits per heavy atom. The Labute approximate surface area is 145 Å². The molecule has 6 nitrogen and oxygen atoms in total. The fourth-order valence-corrected chi connectivity index (χ4v) is 4.47. The lowest BCUT2D eigenvalue weighted by molar-refractivity contribution is -0.133. The van der Waals surface area contributed by atoms with Crippen molar-refractivity contribution in [3.63, 3.8) is 0 Å². The molecule has 24 heavy (non-hydrogen) atoms. The van der Waals surface area contributed by atoms with Crippen LogP contribution >= 0.6 is 0 Å². The van der Waals surface area contributed by atoms with Crippen LogP contribution in [0.25, 0.3) is 0 Å². The van der Waals surface area contributed by atoms with Crippen molar-refractivity contribution in [3.8, 4) is 0 Å². The molecule has 1 unspecified atom stereocenters. The van der Waals surface area contributed by atoms with Crippen LogP contribution in [0.1, 0.15) is 32.6 Å². The minimum absolute atomic E-state index is 0.325. The number of likely N-dealkylation sites (tertiary alicyclic amines) is 1. The molecule has 3 rings (SSSR count). The minimum Gasteiger partial charge on any atom is -0.358 e. The van der Waals surface area contributed by atoms with Gasteiger partial charge in [0.25, 0.3) is 0 Å². The minimum atomic E-state index is 0.325. The fraction of sp³-hybridized carbons (Fsp3) is 0.889. The molecule has 0 aromatic rings. The molecule has 0 bridgehead atoms. The van der Waals surface area contributed by atoms with Gasteiger partial charge in [-0.25, -0.2) is 0 Å². The van der Waals surface area contributed by atoms with Gasteiger partial charge in [-0.05, 0) is 37.1 Å². The molecule has 2 heterocycles. The first-order valence-electron chi connectivity index (χ1n) is 9.56. The van der Waals surface area contributed by atoms with E-state index in [2.05, 4.69) is 26.9 Å². The van der Waals surface area contributed by atoms with Crippen molar-refractivity contribution in [3.05, 3.63) is 0 Å². The number of hydrogen-bond donors (Lipinski definition) is 1. The third-order valence-corrected chi connectivity index (χ3v) is 6.47. The third-order valence-electron chi connectivity index (χ3n) is 6.47. The van der Waals surface area contributed by atoms with E-state index in [-0.39, 0.29) is 0 Å². The van der Waals surface area contributed by atoms with Crippen LogP contribution in [0.4, 0.5) is 0 Å². The van der Waals surface area contributed by atoms with E-state index in [1.54, 1.807) is 0 Å². The Kier molecular flexibility index (Phi) is 5.76. The van der Waals surface area contributed by atoms with Gasteiger partial charge in [0.1, 0.15) is 0 Å². The maximum atomic E-state index is 12.5. The quantitative estimate of drug-likeness (QED) is 0.684. The summed E-state index contributed by atoms with van der Waals surface area (Å²) in [6, 6.07) is 0. The molecule has 3 aliphatic rings. The van der Waals surface area contributed by atoms with Gasteiger partial charge in [-0.1, -0.05) is 6.92 Å². The molecule has 3 fully saturated rings. The lowest BCUT2D eigenvalue weighted by atomic mass is 9.90. The molecular weight excluding hydrogens is 304 g/mol. The first-order valence-corrected chi connectivity index (χ1v) is 9.56.